The highest BCUT2D eigenvalue weighted by molar-refractivity contribution is 5.78. The van der Waals surface area contributed by atoms with E-state index in [1.807, 2.05) is 16.8 Å². The summed E-state index contributed by atoms with van der Waals surface area (Å²) in [6.07, 6.45) is 3.06. The number of hydrogen-bond acceptors (Lipinski definition) is 3. The van der Waals surface area contributed by atoms with Gasteiger partial charge in [-0.15, -0.1) is 0 Å². The molecule has 1 rings (SSSR count). The summed E-state index contributed by atoms with van der Waals surface area (Å²) in [5.74, 6) is 0.212. The third-order valence-corrected chi connectivity index (χ3v) is 2.73. The zero-order valence-corrected chi connectivity index (χ0v) is 9.80. The van der Waals surface area contributed by atoms with Gasteiger partial charge in [0.1, 0.15) is 0 Å². The molecule has 1 fully saturated rings. The van der Waals surface area contributed by atoms with E-state index in [9.17, 15) is 4.79 Å². The second-order valence-corrected chi connectivity index (χ2v) is 4.13. The highest BCUT2D eigenvalue weighted by atomic mass is 16.2. The Kier molecular flexibility index (Phi) is 5.67. The molecule has 1 aliphatic rings. The minimum atomic E-state index is 0.212. The number of likely N-dealkylation sites (N-methyl/N-ethyl adjacent to an activating group) is 1. The van der Waals surface area contributed by atoms with Gasteiger partial charge in [-0.05, 0) is 38.4 Å². The maximum atomic E-state index is 11.7. The van der Waals surface area contributed by atoms with Crippen molar-refractivity contribution in [1.29, 1.82) is 0 Å². The Morgan fingerprint density at radius 2 is 2.19 bits per heavy atom. The Bertz CT molecular complexity index is 268. The third kappa shape index (κ3) is 4.51. The van der Waals surface area contributed by atoms with Gasteiger partial charge < -0.3 is 4.90 Å². The van der Waals surface area contributed by atoms with Gasteiger partial charge in [-0.25, -0.2) is 0 Å². The highest BCUT2D eigenvalue weighted by Crippen LogP contribution is 2.07. The molecule has 0 bridgehead atoms. The standard InChI is InChI=1S/C10H19N5O/c1-14(6-4-5-12-13-11)9-10(16)15-7-2-3-8-15/h2-9H2,1H3. The van der Waals surface area contributed by atoms with Crippen LogP contribution in [0.15, 0.2) is 5.11 Å². The molecule has 6 nitrogen and oxygen atoms in total. The molecule has 0 radical (unpaired) electrons. The first kappa shape index (κ1) is 12.8. The summed E-state index contributed by atoms with van der Waals surface area (Å²) in [5.41, 5.74) is 8.10. The van der Waals surface area contributed by atoms with Gasteiger partial charge in [0, 0.05) is 24.5 Å². The molecule has 0 saturated carbocycles. The van der Waals surface area contributed by atoms with E-state index in [-0.39, 0.29) is 5.91 Å². The number of carbonyl (C=O) groups excluding carboxylic acids is 1. The predicted molar refractivity (Wildman–Crippen MR) is 61.9 cm³/mol. The van der Waals surface area contributed by atoms with Gasteiger partial charge in [0.2, 0.25) is 5.91 Å². The lowest BCUT2D eigenvalue weighted by Crippen LogP contribution is -2.37. The topological polar surface area (TPSA) is 72.3 Å². The number of amides is 1. The fourth-order valence-corrected chi connectivity index (χ4v) is 1.83. The van der Waals surface area contributed by atoms with Crippen molar-refractivity contribution in [2.75, 3.05) is 39.8 Å². The third-order valence-electron chi connectivity index (χ3n) is 2.73. The Labute approximate surface area is 95.8 Å². The predicted octanol–water partition coefficient (Wildman–Crippen LogP) is 1.24. The second-order valence-electron chi connectivity index (χ2n) is 4.13. The summed E-state index contributed by atoms with van der Waals surface area (Å²) < 4.78 is 0. The van der Waals surface area contributed by atoms with Gasteiger partial charge >= 0.3 is 0 Å². The van der Waals surface area contributed by atoms with E-state index in [1.54, 1.807) is 0 Å². The largest absolute Gasteiger partial charge is 0.342 e. The van der Waals surface area contributed by atoms with E-state index in [4.69, 9.17) is 5.53 Å². The zero-order valence-electron chi connectivity index (χ0n) is 9.80. The molecule has 6 heteroatoms. The average molecular weight is 225 g/mol. The molecule has 0 aliphatic carbocycles. The molecule has 1 heterocycles. The fourth-order valence-electron chi connectivity index (χ4n) is 1.83. The maximum Gasteiger partial charge on any atom is 0.236 e. The number of nitrogens with zero attached hydrogens (tertiary/aromatic N) is 5. The first-order valence-corrected chi connectivity index (χ1v) is 5.71. The molecule has 0 N–H and O–H groups in total. The summed E-state index contributed by atoms with van der Waals surface area (Å²) in [5, 5.41) is 3.46. The van der Waals surface area contributed by atoms with Gasteiger partial charge in [0.05, 0.1) is 6.54 Å². The number of carbonyl (C=O) groups is 1. The van der Waals surface area contributed by atoms with Crippen LogP contribution in [-0.4, -0.2) is 55.5 Å². The number of azide groups is 1. The fraction of sp³-hybridized carbons (Fsp3) is 0.900. The molecular weight excluding hydrogens is 206 g/mol. The van der Waals surface area contributed by atoms with Gasteiger partial charge in [0.25, 0.3) is 0 Å². The van der Waals surface area contributed by atoms with Gasteiger partial charge in [0.15, 0.2) is 0 Å². The minimum absolute atomic E-state index is 0.212. The van der Waals surface area contributed by atoms with Crippen molar-refractivity contribution >= 4 is 5.91 Å². The summed E-state index contributed by atoms with van der Waals surface area (Å²) in [7, 11) is 1.92. The van der Waals surface area contributed by atoms with Crippen molar-refractivity contribution in [3.05, 3.63) is 10.4 Å². The van der Waals surface area contributed by atoms with Crippen LogP contribution in [0.5, 0.6) is 0 Å². The average Bonchev–Trinajstić information content (AvgIpc) is 2.77. The molecule has 1 saturated heterocycles. The lowest BCUT2D eigenvalue weighted by molar-refractivity contribution is -0.131. The summed E-state index contributed by atoms with van der Waals surface area (Å²) in [6, 6.07) is 0. The smallest absolute Gasteiger partial charge is 0.236 e. The molecule has 0 spiro atoms. The van der Waals surface area contributed by atoms with Crippen LogP contribution in [0.1, 0.15) is 19.3 Å². The molecule has 1 aliphatic heterocycles. The van der Waals surface area contributed by atoms with Crippen LogP contribution in [0.3, 0.4) is 0 Å². The van der Waals surface area contributed by atoms with Crippen LogP contribution >= 0.6 is 0 Å². The zero-order chi connectivity index (χ0) is 11.8. The maximum absolute atomic E-state index is 11.7. The normalized spacial score (nSPS) is 15.2. The van der Waals surface area contributed by atoms with Crippen molar-refractivity contribution in [3.63, 3.8) is 0 Å². The van der Waals surface area contributed by atoms with E-state index >= 15 is 0 Å². The Balaban J connectivity index is 2.14. The summed E-state index contributed by atoms with van der Waals surface area (Å²) in [6.45, 7) is 3.57. The lowest BCUT2D eigenvalue weighted by Gasteiger charge is -2.20. The molecule has 16 heavy (non-hydrogen) atoms. The van der Waals surface area contributed by atoms with Crippen LogP contribution in [0.25, 0.3) is 10.4 Å². The van der Waals surface area contributed by atoms with Crippen molar-refractivity contribution in [3.8, 4) is 0 Å². The quantitative estimate of drug-likeness (QED) is 0.295. The molecule has 0 unspecified atom stereocenters. The highest BCUT2D eigenvalue weighted by Gasteiger charge is 2.18. The Morgan fingerprint density at radius 1 is 1.50 bits per heavy atom. The van der Waals surface area contributed by atoms with Crippen LogP contribution in [0.2, 0.25) is 0 Å². The van der Waals surface area contributed by atoms with Crippen LogP contribution in [0, 0.1) is 0 Å². The van der Waals surface area contributed by atoms with E-state index in [0.717, 1.165) is 38.9 Å². The Hall–Kier alpha value is -1.26. The number of hydrogen-bond donors (Lipinski definition) is 0. The first-order chi connectivity index (χ1) is 7.74. The summed E-state index contributed by atoms with van der Waals surface area (Å²) >= 11 is 0. The number of likely N-dealkylation sites (tertiary alicyclic amines) is 1. The first-order valence-electron chi connectivity index (χ1n) is 5.71. The van der Waals surface area contributed by atoms with Crippen molar-refractivity contribution in [2.24, 2.45) is 5.11 Å². The molecule has 0 aromatic heterocycles. The monoisotopic (exact) mass is 225 g/mol. The molecule has 0 aromatic rings. The van der Waals surface area contributed by atoms with E-state index in [1.165, 1.54) is 0 Å². The molecule has 1 amide bonds. The lowest BCUT2D eigenvalue weighted by atomic mass is 10.4. The minimum Gasteiger partial charge on any atom is -0.342 e. The van der Waals surface area contributed by atoms with Gasteiger partial charge in [-0.1, -0.05) is 5.11 Å². The SMILES string of the molecule is CN(CCCN=[N+]=[N-])CC(=O)N1CCCC1. The van der Waals surface area contributed by atoms with Crippen molar-refractivity contribution in [1.82, 2.24) is 9.80 Å². The van der Waals surface area contributed by atoms with Gasteiger partial charge in [-0.2, -0.15) is 0 Å². The van der Waals surface area contributed by atoms with E-state index in [2.05, 4.69) is 10.0 Å². The van der Waals surface area contributed by atoms with Crippen LogP contribution < -0.4 is 0 Å². The van der Waals surface area contributed by atoms with Crippen molar-refractivity contribution in [2.45, 2.75) is 19.3 Å². The Morgan fingerprint density at radius 3 is 2.81 bits per heavy atom. The molecule has 90 valence electrons. The van der Waals surface area contributed by atoms with E-state index < -0.39 is 0 Å². The molecule has 0 aromatic carbocycles. The molecule has 0 atom stereocenters. The van der Waals surface area contributed by atoms with E-state index in [0.29, 0.717) is 13.1 Å². The summed E-state index contributed by atoms with van der Waals surface area (Å²) in [4.78, 5) is 18.3. The second kappa shape index (κ2) is 7.09. The number of rotatable bonds is 6. The van der Waals surface area contributed by atoms with Gasteiger partial charge in [-0.3, -0.25) is 9.69 Å². The molecular formula is C10H19N5O. The van der Waals surface area contributed by atoms with Crippen LogP contribution in [0.4, 0.5) is 0 Å². The van der Waals surface area contributed by atoms with Crippen LogP contribution in [-0.2, 0) is 4.79 Å². The van der Waals surface area contributed by atoms with Crippen molar-refractivity contribution < 1.29 is 4.79 Å².